The molecule has 164 valence electrons. The number of allylic oxidation sites excluding steroid dienone is 4. The van der Waals surface area contributed by atoms with Crippen molar-refractivity contribution < 1.29 is 21.1 Å². The van der Waals surface area contributed by atoms with Crippen LogP contribution in [-0.2, 0) is 21.1 Å². The average Bonchev–Trinajstić information content (AvgIpc) is 3.04. The van der Waals surface area contributed by atoms with E-state index in [-0.39, 0.29) is 37.7 Å². The fraction of sp³-hybridized carbons (Fsp3) is 0.667. The van der Waals surface area contributed by atoms with Crippen molar-refractivity contribution in [3.05, 3.63) is 65.0 Å². The maximum absolute atomic E-state index is 6.48. The first kappa shape index (κ1) is 38.7. The first-order valence-corrected chi connectivity index (χ1v) is 10.1. The Hall–Kier alpha value is -0.842. The van der Waals surface area contributed by atoms with Crippen LogP contribution in [0.15, 0.2) is 24.3 Å². The van der Waals surface area contributed by atoms with Crippen LogP contribution < -0.4 is 0 Å². The average molecular weight is 634 g/mol. The van der Waals surface area contributed by atoms with E-state index in [9.17, 15) is 0 Å². The predicted molar refractivity (Wildman–Crippen MR) is 127 cm³/mol. The van der Waals surface area contributed by atoms with Gasteiger partial charge in [-0.05, 0) is 0 Å². The minimum atomic E-state index is -0.167. The van der Waals surface area contributed by atoms with Gasteiger partial charge in [-0.2, -0.15) is 0 Å². The number of hydrogen-bond donors (Lipinski definition) is 0. The van der Waals surface area contributed by atoms with Crippen LogP contribution in [0.25, 0.3) is 14.5 Å². The molecule has 0 N–H and O–H groups in total. The first-order chi connectivity index (χ1) is 12.2. The topological polar surface area (TPSA) is 13.1 Å². The minimum Gasteiger partial charge on any atom is -0.311 e. The quantitative estimate of drug-likeness (QED) is 0.191. The van der Waals surface area contributed by atoms with Gasteiger partial charge < -0.3 is 14.5 Å². The van der Waals surface area contributed by atoms with Crippen LogP contribution in [0, 0.1) is 26.1 Å². The van der Waals surface area contributed by atoms with E-state index in [1.54, 1.807) is 0 Å². The van der Waals surface area contributed by atoms with Crippen LogP contribution in [-0.4, -0.2) is 32.6 Å². The maximum atomic E-state index is 6.48. The van der Waals surface area contributed by atoms with Crippen molar-refractivity contribution in [1.29, 1.82) is 0 Å². The first-order valence-electron chi connectivity index (χ1n) is 9.21. The maximum Gasteiger partial charge on any atom is 0.224 e. The van der Waals surface area contributed by atoms with Gasteiger partial charge >= 0.3 is 41.1 Å². The molecule has 0 aromatic carbocycles. The van der Waals surface area contributed by atoms with Crippen molar-refractivity contribution in [2.24, 2.45) is 0 Å². The Kier molecular flexibility index (Phi) is 25.6. The van der Waals surface area contributed by atoms with Crippen molar-refractivity contribution in [1.82, 2.24) is 0 Å². The molecular formula is C24H41N3SeW. The number of nitrogens with zero attached hydrogens (tertiary/aromatic N) is 3. The second kappa shape index (κ2) is 19.1. The van der Waals surface area contributed by atoms with Gasteiger partial charge in [0.25, 0.3) is 0 Å². The van der Waals surface area contributed by atoms with Crippen LogP contribution in [0.5, 0.6) is 0 Å². The Morgan fingerprint density at radius 1 is 0.517 bits per heavy atom. The molecule has 29 heavy (non-hydrogen) atoms. The Balaban J connectivity index is -0.0000000822. The predicted octanol–water partition coefficient (Wildman–Crippen LogP) is 7.80. The van der Waals surface area contributed by atoms with Gasteiger partial charge in [0, 0.05) is 89.8 Å². The van der Waals surface area contributed by atoms with E-state index in [0.29, 0.717) is 4.31 Å². The molecule has 0 fully saturated rings. The fourth-order valence-electron chi connectivity index (χ4n) is 0.321. The molecule has 3 nitrogen and oxygen atoms in total. The zero-order chi connectivity index (χ0) is 23.7. The summed E-state index contributed by atoms with van der Waals surface area (Å²) in [6, 6.07) is 0. The molecule has 1 aliphatic carbocycles. The van der Waals surface area contributed by atoms with Gasteiger partial charge in [0.2, 0.25) is 16.6 Å². The Morgan fingerprint density at radius 2 is 0.655 bits per heavy atom. The normalized spacial score (nSPS) is 11.5. The molecule has 0 saturated carbocycles. The summed E-state index contributed by atoms with van der Waals surface area (Å²) in [4.78, 5) is 9.81. The van der Waals surface area contributed by atoms with Crippen LogP contribution in [0.4, 0.5) is 0 Å². The second-order valence-corrected chi connectivity index (χ2v) is 12.5. The number of hydrogen-bond acceptors (Lipinski definition) is 0. The van der Waals surface area contributed by atoms with Crippen molar-refractivity contribution in [3.8, 4) is 0 Å². The second-order valence-electron chi connectivity index (χ2n) is 9.92. The summed E-state index contributed by atoms with van der Waals surface area (Å²) in [5, 5.41) is 0. The third kappa shape index (κ3) is 99.3. The van der Waals surface area contributed by atoms with Gasteiger partial charge in [0.05, 0.1) is 0 Å². The summed E-state index contributed by atoms with van der Waals surface area (Å²) in [6.45, 7) is 42.8. The molecule has 0 bridgehead atoms. The Labute approximate surface area is 205 Å². The molecule has 0 spiro atoms. The van der Waals surface area contributed by atoms with Crippen LogP contribution in [0.1, 0.15) is 83.1 Å². The largest absolute Gasteiger partial charge is 0.311 e. The molecule has 0 atom stereocenters. The zero-order valence-electron chi connectivity index (χ0n) is 20.5. The molecule has 0 unspecified atom stereocenters. The van der Waals surface area contributed by atoms with Gasteiger partial charge in [0.15, 0.2) is 0 Å². The standard InChI is InChI=1S/3C5H9N.C5H5.C4H9Se.W/c3*1-5(2,3)6-4;1-2-4-5-3-1;1-4(2,3)5;/h3*1-3H3;1-5H;1-3H3;. The molecule has 0 aliphatic heterocycles. The van der Waals surface area contributed by atoms with E-state index in [4.69, 9.17) is 19.7 Å². The van der Waals surface area contributed by atoms with E-state index in [0.717, 1.165) is 0 Å². The van der Waals surface area contributed by atoms with Crippen LogP contribution in [0.3, 0.4) is 0 Å². The van der Waals surface area contributed by atoms with Gasteiger partial charge in [-0.1, -0.05) is 24.3 Å². The molecule has 0 saturated heterocycles. The third-order valence-electron chi connectivity index (χ3n) is 1.56. The van der Waals surface area contributed by atoms with E-state index >= 15 is 0 Å². The third-order valence-corrected chi connectivity index (χ3v) is 1.56. The van der Waals surface area contributed by atoms with E-state index in [2.05, 4.69) is 51.3 Å². The number of rotatable bonds is 0. The SMILES string of the molecule is CC(C)(C)[Se].[C-]#[N+]C(C)(C)C.[C-]#[N+]C(C)(C)C.[C-]#[N+]C(C)(C)C.[CH]1C=CC=C1.[W]. The molecule has 2 radical (unpaired) electrons. The zero-order valence-corrected chi connectivity index (χ0v) is 25.2. The smallest absolute Gasteiger partial charge is 0.224 e. The summed E-state index contributed by atoms with van der Waals surface area (Å²) < 4.78 is 0.375. The Bertz CT molecular complexity index is 486. The van der Waals surface area contributed by atoms with Gasteiger partial charge in [-0.15, -0.1) is 0 Å². The molecule has 1 aliphatic rings. The summed E-state index contributed by atoms with van der Waals surface area (Å²) in [7, 11) is 0. The molecular weight excluding hydrogens is 593 g/mol. The van der Waals surface area contributed by atoms with Crippen molar-refractivity contribution >= 4 is 16.0 Å². The van der Waals surface area contributed by atoms with Gasteiger partial charge in [0.1, 0.15) is 0 Å². The van der Waals surface area contributed by atoms with Crippen molar-refractivity contribution in [2.75, 3.05) is 0 Å². The van der Waals surface area contributed by atoms with E-state index in [1.165, 1.54) is 0 Å². The van der Waals surface area contributed by atoms with E-state index < -0.39 is 0 Å². The van der Waals surface area contributed by atoms with Crippen LogP contribution in [0.2, 0.25) is 4.31 Å². The van der Waals surface area contributed by atoms with Crippen molar-refractivity contribution in [3.63, 3.8) is 0 Å². The summed E-state index contributed by atoms with van der Waals surface area (Å²) >= 11 is 2.98. The van der Waals surface area contributed by atoms with Crippen molar-refractivity contribution in [2.45, 2.75) is 104 Å². The van der Waals surface area contributed by atoms with E-state index in [1.807, 2.05) is 93.0 Å². The summed E-state index contributed by atoms with van der Waals surface area (Å²) in [6.07, 6.45) is 10.0. The van der Waals surface area contributed by atoms with Crippen LogP contribution >= 0.6 is 0 Å². The summed E-state index contributed by atoms with van der Waals surface area (Å²) in [5.41, 5.74) is -0.500. The molecule has 0 amide bonds. The minimum absolute atomic E-state index is 0. The molecule has 0 heterocycles. The monoisotopic (exact) mass is 635 g/mol. The molecule has 1 rings (SSSR count). The summed E-state index contributed by atoms with van der Waals surface area (Å²) in [5.74, 6) is 0. The van der Waals surface area contributed by atoms with Gasteiger partial charge in [-0.3, -0.25) is 0 Å². The molecule has 0 aromatic rings. The van der Waals surface area contributed by atoms with Gasteiger partial charge in [-0.25, -0.2) is 19.7 Å². The molecule has 0 aromatic heterocycles. The Morgan fingerprint density at radius 3 is 0.690 bits per heavy atom. The fourth-order valence-corrected chi connectivity index (χ4v) is 0.321. The molecule has 5 heteroatoms.